The summed E-state index contributed by atoms with van der Waals surface area (Å²) in [5.41, 5.74) is 5.75. The Bertz CT molecular complexity index is 986. The highest BCUT2D eigenvalue weighted by Crippen LogP contribution is 2.44. The third-order valence-electron chi connectivity index (χ3n) is 6.00. The van der Waals surface area contributed by atoms with E-state index >= 15 is 0 Å². The van der Waals surface area contributed by atoms with Gasteiger partial charge in [0.05, 0.1) is 16.3 Å². The molecule has 6 heteroatoms. The zero-order valence-corrected chi connectivity index (χ0v) is 17.6. The van der Waals surface area contributed by atoms with Gasteiger partial charge in [-0.3, -0.25) is 0 Å². The van der Waals surface area contributed by atoms with Crippen molar-refractivity contribution in [3.8, 4) is 21.8 Å². The second kappa shape index (κ2) is 8.20. The maximum atomic E-state index is 5.13. The average Bonchev–Trinajstić information content (AvgIpc) is 3.45. The summed E-state index contributed by atoms with van der Waals surface area (Å²) in [5, 5.41) is 4.52. The number of benzene rings is 1. The van der Waals surface area contributed by atoms with E-state index in [9.17, 15) is 0 Å². The van der Waals surface area contributed by atoms with E-state index in [1.54, 1.807) is 11.3 Å². The molecule has 0 unspecified atom stereocenters. The number of anilines is 1. The van der Waals surface area contributed by atoms with Gasteiger partial charge in [-0.1, -0.05) is 47.9 Å². The zero-order chi connectivity index (χ0) is 19.6. The molecule has 2 fully saturated rings. The zero-order valence-electron chi connectivity index (χ0n) is 16.8. The lowest BCUT2D eigenvalue weighted by Gasteiger charge is -2.26. The van der Waals surface area contributed by atoms with Gasteiger partial charge < -0.3 is 10.2 Å². The Hall–Kier alpha value is -2.31. The van der Waals surface area contributed by atoms with Crippen LogP contribution in [-0.2, 0) is 0 Å². The monoisotopic (exact) mass is 404 g/mol. The van der Waals surface area contributed by atoms with Gasteiger partial charge in [0, 0.05) is 43.5 Å². The molecule has 1 aliphatic heterocycles. The van der Waals surface area contributed by atoms with Crippen molar-refractivity contribution in [1.29, 1.82) is 0 Å². The van der Waals surface area contributed by atoms with Crippen LogP contribution in [-0.4, -0.2) is 41.1 Å². The number of aryl methyl sites for hydroxylation is 1. The van der Waals surface area contributed by atoms with Crippen molar-refractivity contribution in [2.45, 2.75) is 38.5 Å². The quantitative estimate of drug-likeness (QED) is 0.697. The molecule has 0 bridgehead atoms. The summed E-state index contributed by atoms with van der Waals surface area (Å²) in [6.07, 6.45) is 9.89. The van der Waals surface area contributed by atoms with Crippen LogP contribution >= 0.6 is 11.3 Å². The van der Waals surface area contributed by atoms with Gasteiger partial charge in [0.15, 0.2) is 11.5 Å². The van der Waals surface area contributed by atoms with Crippen LogP contribution in [0.4, 0.5) is 5.13 Å². The normalized spacial score (nSPS) is 17.8. The minimum atomic E-state index is 0.551. The number of thiazole rings is 1. The van der Waals surface area contributed by atoms with Crippen molar-refractivity contribution in [3.63, 3.8) is 0 Å². The van der Waals surface area contributed by atoms with Crippen molar-refractivity contribution < 1.29 is 0 Å². The number of aromatic nitrogens is 3. The topological polar surface area (TPSA) is 53.9 Å². The van der Waals surface area contributed by atoms with Crippen LogP contribution in [0.25, 0.3) is 21.8 Å². The van der Waals surface area contributed by atoms with E-state index in [0.29, 0.717) is 5.92 Å². The predicted molar refractivity (Wildman–Crippen MR) is 118 cm³/mol. The number of rotatable bonds is 4. The number of nitrogens with zero attached hydrogens (tertiary/aromatic N) is 4. The van der Waals surface area contributed by atoms with E-state index in [2.05, 4.69) is 57.7 Å². The standard InChI is InChI=1S/C23H26N5S/c1-16-5-4-8-18(13-16)20-22(29-23(27-20)28-11-9-24-10-12-28)21-19(14-25-15-26-21)17-6-2-3-7-17/h4-5,8,13-14,17,24H,2-3,6-7,9-12H2,1H3. The highest BCUT2D eigenvalue weighted by molar-refractivity contribution is 7.19. The molecular weight excluding hydrogens is 378 g/mol. The van der Waals surface area contributed by atoms with Crippen LogP contribution in [0.3, 0.4) is 0 Å². The molecule has 0 atom stereocenters. The summed E-state index contributed by atoms with van der Waals surface area (Å²) in [6.45, 7) is 6.12. The van der Waals surface area contributed by atoms with Crippen LogP contribution in [0.2, 0.25) is 0 Å². The second-order valence-electron chi connectivity index (χ2n) is 8.04. The molecule has 5 nitrogen and oxygen atoms in total. The Morgan fingerprint density at radius 2 is 1.97 bits per heavy atom. The molecule has 1 aromatic carbocycles. The van der Waals surface area contributed by atoms with Gasteiger partial charge in [0.2, 0.25) is 0 Å². The van der Waals surface area contributed by atoms with Crippen molar-refractivity contribution in [1.82, 2.24) is 20.3 Å². The van der Waals surface area contributed by atoms with Gasteiger partial charge in [-0.05, 0) is 31.7 Å². The van der Waals surface area contributed by atoms with Crippen LogP contribution < -0.4 is 10.2 Å². The number of hydrogen-bond acceptors (Lipinski definition) is 6. The fourth-order valence-electron chi connectivity index (χ4n) is 4.47. The molecule has 2 aromatic heterocycles. The molecular formula is C23H26N5S. The largest absolute Gasteiger partial charge is 0.346 e. The first-order valence-corrected chi connectivity index (χ1v) is 11.4. The molecule has 5 rings (SSSR count). The lowest BCUT2D eigenvalue weighted by Crippen LogP contribution is -2.43. The SMILES string of the molecule is Cc1cccc(-c2nc(N3CCNCC3)sc2-c2n[c]ncc2C2CCCC2)c1. The molecule has 1 aliphatic carbocycles. The average molecular weight is 405 g/mol. The van der Waals surface area contributed by atoms with Crippen LogP contribution in [0.15, 0.2) is 30.5 Å². The Kier molecular flexibility index (Phi) is 5.29. The van der Waals surface area contributed by atoms with E-state index in [1.807, 2.05) is 6.20 Å². The third-order valence-corrected chi connectivity index (χ3v) is 7.12. The summed E-state index contributed by atoms with van der Waals surface area (Å²) in [6, 6.07) is 8.63. The van der Waals surface area contributed by atoms with Gasteiger partial charge >= 0.3 is 0 Å². The van der Waals surface area contributed by atoms with E-state index < -0.39 is 0 Å². The molecule has 1 saturated heterocycles. The molecule has 149 valence electrons. The Balaban J connectivity index is 1.64. The lowest BCUT2D eigenvalue weighted by atomic mass is 9.96. The van der Waals surface area contributed by atoms with E-state index in [4.69, 9.17) is 4.98 Å². The summed E-state index contributed by atoms with van der Waals surface area (Å²) in [5.74, 6) is 0.551. The summed E-state index contributed by atoms with van der Waals surface area (Å²) in [4.78, 5) is 17.6. The molecule has 0 spiro atoms. The van der Waals surface area contributed by atoms with E-state index in [-0.39, 0.29) is 0 Å². The minimum absolute atomic E-state index is 0.551. The maximum Gasteiger partial charge on any atom is 0.198 e. The predicted octanol–water partition coefficient (Wildman–Crippen LogP) is 4.44. The number of nitrogens with one attached hydrogen (secondary N) is 1. The molecule has 1 N–H and O–H groups in total. The van der Waals surface area contributed by atoms with E-state index in [1.165, 1.54) is 36.8 Å². The van der Waals surface area contributed by atoms with E-state index in [0.717, 1.165) is 53.1 Å². The Morgan fingerprint density at radius 1 is 1.14 bits per heavy atom. The Labute approximate surface area is 176 Å². The van der Waals surface area contributed by atoms with Crippen LogP contribution in [0.1, 0.15) is 42.7 Å². The summed E-state index contributed by atoms with van der Waals surface area (Å²) >= 11 is 1.77. The van der Waals surface area contributed by atoms with Crippen LogP contribution in [0, 0.1) is 13.3 Å². The smallest absolute Gasteiger partial charge is 0.198 e. The molecule has 1 radical (unpaired) electrons. The number of hydrogen-bond donors (Lipinski definition) is 1. The minimum Gasteiger partial charge on any atom is -0.346 e. The maximum absolute atomic E-state index is 5.13. The number of piperazine rings is 1. The van der Waals surface area contributed by atoms with Crippen LogP contribution in [0.5, 0.6) is 0 Å². The fraction of sp³-hybridized carbons (Fsp3) is 0.435. The molecule has 29 heavy (non-hydrogen) atoms. The molecule has 1 saturated carbocycles. The fourth-order valence-corrected chi connectivity index (χ4v) is 5.62. The highest BCUT2D eigenvalue weighted by atomic mass is 32.1. The summed E-state index contributed by atoms with van der Waals surface area (Å²) in [7, 11) is 0. The van der Waals surface area contributed by atoms with Crippen molar-refractivity contribution in [3.05, 3.63) is 47.9 Å². The van der Waals surface area contributed by atoms with Gasteiger partial charge in [-0.25, -0.2) is 15.0 Å². The van der Waals surface area contributed by atoms with Gasteiger partial charge in [0.1, 0.15) is 0 Å². The van der Waals surface area contributed by atoms with Gasteiger partial charge in [-0.2, -0.15) is 0 Å². The van der Waals surface area contributed by atoms with Crippen molar-refractivity contribution >= 4 is 16.5 Å². The van der Waals surface area contributed by atoms with Crippen molar-refractivity contribution in [2.24, 2.45) is 0 Å². The lowest BCUT2D eigenvalue weighted by molar-refractivity contribution is 0.588. The molecule has 3 aromatic rings. The van der Waals surface area contributed by atoms with Gasteiger partial charge in [0.25, 0.3) is 0 Å². The summed E-state index contributed by atoms with van der Waals surface area (Å²) < 4.78 is 0. The molecule has 2 aliphatic rings. The Morgan fingerprint density at radius 3 is 2.76 bits per heavy atom. The molecule has 0 amide bonds. The first-order valence-electron chi connectivity index (χ1n) is 10.6. The third kappa shape index (κ3) is 3.79. The first-order chi connectivity index (χ1) is 14.3. The second-order valence-corrected chi connectivity index (χ2v) is 9.01. The molecule has 3 heterocycles. The van der Waals surface area contributed by atoms with Gasteiger partial charge in [-0.15, -0.1) is 0 Å². The first kappa shape index (κ1) is 18.7. The van der Waals surface area contributed by atoms with Crippen molar-refractivity contribution in [2.75, 3.05) is 31.1 Å². The highest BCUT2D eigenvalue weighted by Gasteiger charge is 2.26.